The molecule has 1 aliphatic rings. The Balaban J connectivity index is 1.51. The molecule has 2 N–H and O–H groups in total. The van der Waals surface area contributed by atoms with Crippen molar-refractivity contribution in [1.29, 1.82) is 0 Å². The van der Waals surface area contributed by atoms with Gasteiger partial charge in [0.15, 0.2) is 0 Å². The Morgan fingerprint density at radius 1 is 1.06 bits per heavy atom. The predicted molar refractivity (Wildman–Crippen MR) is 140 cm³/mol. The van der Waals surface area contributed by atoms with Crippen LogP contribution in [0.3, 0.4) is 0 Å². The number of hydrogen-bond acceptors (Lipinski definition) is 2. The highest BCUT2D eigenvalue weighted by atomic mass is 35.5. The van der Waals surface area contributed by atoms with Crippen LogP contribution in [0.1, 0.15) is 39.9 Å². The molecule has 1 saturated carbocycles. The van der Waals surface area contributed by atoms with Crippen molar-refractivity contribution in [3.05, 3.63) is 100.0 Å². The summed E-state index contributed by atoms with van der Waals surface area (Å²) in [6, 6.07) is 15.6. The number of alkyl halides is 1. The maximum atomic E-state index is 13.7. The zero-order chi connectivity index (χ0) is 24.8. The molecule has 34 heavy (non-hydrogen) atoms. The van der Waals surface area contributed by atoms with Crippen LogP contribution in [0.25, 0.3) is 0 Å². The average molecular weight is 493 g/mol. The molecule has 3 aromatic rings. The lowest BCUT2D eigenvalue weighted by Crippen LogP contribution is -2.16. The van der Waals surface area contributed by atoms with Gasteiger partial charge in [0.05, 0.1) is 4.87 Å². The number of benzene rings is 3. The summed E-state index contributed by atoms with van der Waals surface area (Å²) in [5.41, 5.74) is 5.22. The first-order valence-corrected chi connectivity index (χ1v) is 11.6. The van der Waals surface area contributed by atoms with Crippen LogP contribution in [0.4, 0.5) is 15.8 Å². The lowest BCUT2D eigenvalue weighted by atomic mass is 9.95. The summed E-state index contributed by atoms with van der Waals surface area (Å²) >= 11 is 13.1. The molecule has 0 bridgehead atoms. The van der Waals surface area contributed by atoms with Crippen molar-refractivity contribution in [2.24, 2.45) is 5.92 Å². The number of nitrogens with one attached hydrogen (secondary N) is 2. The van der Waals surface area contributed by atoms with Crippen LogP contribution in [-0.4, -0.2) is 18.6 Å². The minimum absolute atomic E-state index is 0.0108. The van der Waals surface area contributed by atoms with E-state index < -0.39 is 10.7 Å². The van der Waals surface area contributed by atoms with Gasteiger partial charge in [-0.15, -0.1) is 11.6 Å². The fourth-order valence-corrected chi connectivity index (χ4v) is 5.24. The van der Waals surface area contributed by atoms with Crippen molar-refractivity contribution in [3.63, 3.8) is 0 Å². The highest BCUT2D eigenvalue weighted by Crippen LogP contribution is 2.64. The fraction of sp³-hybridized carbons (Fsp3) is 0.222. The zero-order valence-electron chi connectivity index (χ0n) is 19.2. The molecule has 3 atom stereocenters. The van der Waals surface area contributed by atoms with Gasteiger partial charge in [0.25, 0.3) is 5.91 Å². The molecule has 1 aliphatic carbocycles. The van der Waals surface area contributed by atoms with Gasteiger partial charge in [-0.1, -0.05) is 41.8 Å². The summed E-state index contributed by atoms with van der Waals surface area (Å²) in [7, 11) is 5.51. The average Bonchev–Trinajstić information content (AvgIpc) is 3.33. The third-order valence-electron chi connectivity index (χ3n) is 6.28. The third kappa shape index (κ3) is 4.87. The second-order valence-corrected chi connectivity index (χ2v) is 10.3. The van der Waals surface area contributed by atoms with Gasteiger partial charge in [0.1, 0.15) is 13.7 Å². The molecule has 4 rings (SSSR count). The van der Waals surface area contributed by atoms with Gasteiger partial charge in [-0.05, 0) is 73.9 Å². The number of aryl methyl sites for hydroxylation is 2. The molecular formula is C27H24BCl2FN2O. The van der Waals surface area contributed by atoms with E-state index in [1.54, 1.807) is 12.1 Å². The van der Waals surface area contributed by atoms with Crippen LogP contribution < -0.4 is 16.1 Å². The summed E-state index contributed by atoms with van der Waals surface area (Å²) in [5, 5.41) is 6.72. The molecule has 0 heterocycles. The summed E-state index contributed by atoms with van der Waals surface area (Å²) in [6.07, 6.45) is 0. The Morgan fingerprint density at radius 3 is 2.41 bits per heavy atom. The monoisotopic (exact) mass is 492 g/mol. The molecular weight excluding hydrogens is 469 g/mol. The van der Waals surface area contributed by atoms with E-state index in [2.05, 4.69) is 23.3 Å². The Morgan fingerprint density at radius 2 is 1.74 bits per heavy atom. The number of amides is 1. The molecule has 1 fully saturated rings. The maximum absolute atomic E-state index is 13.7. The SMILES string of the molecule is [B]c1ccc(NC(=O)c2cc(NC(=C)C3C(c4cc(C)cc(Cl)c4)C3(C)Cl)ccc2C)cc1F. The van der Waals surface area contributed by atoms with Gasteiger partial charge in [-0.3, -0.25) is 4.79 Å². The van der Waals surface area contributed by atoms with Gasteiger partial charge in [0, 0.05) is 39.5 Å². The number of rotatable bonds is 6. The topological polar surface area (TPSA) is 41.1 Å². The van der Waals surface area contributed by atoms with Gasteiger partial charge in [-0.25, -0.2) is 4.39 Å². The smallest absolute Gasteiger partial charge is 0.256 e. The maximum Gasteiger partial charge on any atom is 0.256 e. The van der Waals surface area contributed by atoms with Gasteiger partial charge in [0.2, 0.25) is 0 Å². The molecule has 0 spiro atoms. The fourth-order valence-electron chi connectivity index (χ4n) is 4.50. The van der Waals surface area contributed by atoms with E-state index in [1.165, 1.54) is 12.1 Å². The Bertz CT molecular complexity index is 1290. The molecule has 0 saturated heterocycles. The van der Waals surface area contributed by atoms with Gasteiger partial charge < -0.3 is 10.6 Å². The van der Waals surface area contributed by atoms with Crippen LogP contribution >= 0.6 is 23.2 Å². The van der Waals surface area contributed by atoms with Crippen molar-refractivity contribution in [3.8, 4) is 0 Å². The van der Waals surface area contributed by atoms with Crippen LogP contribution in [0.15, 0.2) is 66.9 Å². The number of halogens is 3. The molecule has 3 aromatic carbocycles. The quantitative estimate of drug-likeness (QED) is 0.305. The summed E-state index contributed by atoms with van der Waals surface area (Å²) in [5.74, 6) is -0.875. The number of hydrogen-bond donors (Lipinski definition) is 2. The molecule has 1 amide bonds. The normalized spacial score (nSPS) is 21.1. The molecule has 3 nitrogen and oxygen atoms in total. The van der Waals surface area contributed by atoms with Crippen LogP contribution in [0.2, 0.25) is 5.02 Å². The van der Waals surface area contributed by atoms with Crippen molar-refractivity contribution >= 4 is 53.8 Å². The predicted octanol–water partition coefficient (Wildman–Crippen LogP) is 6.48. The Hall–Kier alpha value is -2.76. The lowest BCUT2D eigenvalue weighted by molar-refractivity contribution is 0.102. The van der Waals surface area contributed by atoms with E-state index in [0.717, 1.165) is 22.4 Å². The number of carbonyl (C=O) groups is 1. The highest BCUT2D eigenvalue weighted by Gasteiger charge is 2.62. The Kier molecular flexibility index (Phi) is 6.54. The first kappa shape index (κ1) is 24.4. The lowest BCUT2D eigenvalue weighted by Gasteiger charge is -2.14. The van der Waals surface area contributed by atoms with E-state index in [9.17, 15) is 9.18 Å². The second kappa shape index (κ2) is 9.12. The second-order valence-electron chi connectivity index (χ2n) is 9.04. The largest absolute Gasteiger partial charge is 0.359 e. The first-order valence-electron chi connectivity index (χ1n) is 10.9. The summed E-state index contributed by atoms with van der Waals surface area (Å²) in [4.78, 5) is 12.4. The van der Waals surface area contributed by atoms with Crippen molar-refractivity contribution in [1.82, 2.24) is 0 Å². The van der Waals surface area contributed by atoms with Crippen LogP contribution in [0, 0.1) is 25.6 Å². The van der Waals surface area contributed by atoms with Crippen LogP contribution in [-0.2, 0) is 0 Å². The van der Waals surface area contributed by atoms with Gasteiger partial charge in [-0.2, -0.15) is 0 Å². The van der Waals surface area contributed by atoms with Crippen molar-refractivity contribution in [2.45, 2.75) is 31.6 Å². The van der Waals surface area contributed by atoms with E-state index >= 15 is 0 Å². The molecule has 3 unspecified atom stereocenters. The van der Waals surface area contributed by atoms with E-state index in [-0.39, 0.29) is 23.2 Å². The zero-order valence-corrected chi connectivity index (χ0v) is 20.7. The molecule has 0 aliphatic heterocycles. The third-order valence-corrected chi connectivity index (χ3v) is 6.97. The molecule has 172 valence electrons. The standard InChI is InChI=1S/C27H24BCl2FN2O/c1-14-9-17(11-18(29)10-14)25-24(27(25,4)30)16(3)32-19-6-5-15(2)21(12-19)26(34)33-20-7-8-22(28)23(31)13-20/h5-13,24-25,32H,3H2,1-2,4H3,(H,33,34). The minimum Gasteiger partial charge on any atom is -0.359 e. The van der Waals surface area contributed by atoms with Crippen molar-refractivity contribution in [2.75, 3.05) is 10.6 Å². The molecule has 7 heteroatoms. The van der Waals surface area contributed by atoms with Gasteiger partial charge >= 0.3 is 0 Å². The molecule has 2 radical (unpaired) electrons. The first-order chi connectivity index (χ1) is 16.0. The van der Waals surface area contributed by atoms with Crippen LogP contribution in [0.5, 0.6) is 0 Å². The summed E-state index contributed by atoms with van der Waals surface area (Å²) < 4.78 is 13.7. The highest BCUT2D eigenvalue weighted by molar-refractivity contribution is 6.32. The summed E-state index contributed by atoms with van der Waals surface area (Å²) in [6.45, 7) is 10.1. The Labute approximate surface area is 210 Å². The number of anilines is 2. The van der Waals surface area contributed by atoms with E-state index in [4.69, 9.17) is 31.0 Å². The number of carbonyl (C=O) groups excluding carboxylic acids is 1. The minimum atomic E-state index is -0.584. The number of allylic oxidation sites excluding steroid dienone is 1. The van der Waals surface area contributed by atoms with E-state index in [0.29, 0.717) is 22.0 Å². The molecule has 0 aromatic heterocycles. The van der Waals surface area contributed by atoms with Crippen molar-refractivity contribution < 1.29 is 9.18 Å². The van der Waals surface area contributed by atoms with E-state index in [1.807, 2.05) is 45.0 Å².